The van der Waals surface area contributed by atoms with Gasteiger partial charge in [0.25, 0.3) is 0 Å². The predicted molar refractivity (Wildman–Crippen MR) is 83.8 cm³/mol. The molecule has 0 bridgehead atoms. The Bertz CT molecular complexity index is 1010. The highest BCUT2D eigenvalue weighted by molar-refractivity contribution is 6.16. The van der Waals surface area contributed by atoms with Crippen LogP contribution in [-0.4, -0.2) is 26.0 Å². The number of carboxylic acids is 1. The van der Waals surface area contributed by atoms with E-state index in [9.17, 15) is 9.90 Å². The Morgan fingerprint density at radius 1 is 0.955 bits per heavy atom. The third kappa shape index (κ3) is 1.76. The number of rotatable bonds is 2. The van der Waals surface area contributed by atoms with Crippen LogP contribution in [0.4, 0.5) is 0 Å². The van der Waals surface area contributed by atoms with Crippen molar-refractivity contribution in [3.63, 3.8) is 0 Å². The molecule has 106 valence electrons. The van der Waals surface area contributed by atoms with Gasteiger partial charge in [-0.1, -0.05) is 12.1 Å². The van der Waals surface area contributed by atoms with Gasteiger partial charge in [-0.3, -0.25) is 9.97 Å². The van der Waals surface area contributed by atoms with Gasteiger partial charge in [0.15, 0.2) is 0 Å². The molecule has 2 N–H and O–H groups in total. The maximum atomic E-state index is 11.8. The number of aromatic carboxylic acids is 1. The van der Waals surface area contributed by atoms with Gasteiger partial charge in [-0.2, -0.15) is 0 Å². The number of carboxylic acid groups (broad SMARTS) is 1. The largest absolute Gasteiger partial charge is 0.478 e. The van der Waals surface area contributed by atoms with Crippen molar-refractivity contribution in [3.8, 4) is 11.3 Å². The van der Waals surface area contributed by atoms with Crippen LogP contribution in [0.5, 0.6) is 0 Å². The van der Waals surface area contributed by atoms with Crippen LogP contribution >= 0.6 is 0 Å². The Kier molecular flexibility index (Phi) is 2.66. The van der Waals surface area contributed by atoms with Crippen LogP contribution in [0.2, 0.25) is 0 Å². The van der Waals surface area contributed by atoms with Gasteiger partial charge in [0.1, 0.15) is 0 Å². The van der Waals surface area contributed by atoms with Crippen LogP contribution in [0.3, 0.4) is 0 Å². The highest BCUT2D eigenvalue weighted by atomic mass is 16.4. The maximum absolute atomic E-state index is 11.8. The lowest BCUT2D eigenvalue weighted by Crippen LogP contribution is -1.97. The lowest BCUT2D eigenvalue weighted by molar-refractivity contribution is 0.0700. The van der Waals surface area contributed by atoms with E-state index in [1.54, 1.807) is 36.9 Å². The van der Waals surface area contributed by atoms with E-state index < -0.39 is 5.97 Å². The van der Waals surface area contributed by atoms with Crippen molar-refractivity contribution in [1.82, 2.24) is 15.0 Å². The van der Waals surface area contributed by atoms with Crippen molar-refractivity contribution >= 4 is 27.6 Å². The fourth-order valence-corrected chi connectivity index (χ4v) is 2.79. The number of nitrogens with zero attached hydrogens (tertiary/aromatic N) is 2. The minimum Gasteiger partial charge on any atom is -0.478 e. The second kappa shape index (κ2) is 4.66. The Morgan fingerprint density at radius 2 is 1.73 bits per heavy atom. The molecule has 0 saturated carbocycles. The zero-order valence-electron chi connectivity index (χ0n) is 11.4. The lowest BCUT2D eigenvalue weighted by atomic mass is 10.0. The maximum Gasteiger partial charge on any atom is 0.338 e. The van der Waals surface area contributed by atoms with E-state index in [-0.39, 0.29) is 5.56 Å². The number of pyridine rings is 2. The quantitative estimate of drug-likeness (QED) is 0.592. The highest BCUT2D eigenvalue weighted by Gasteiger charge is 2.20. The summed E-state index contributed by atoms with van der Waals surface area (Å²) in [6.07, 6.45) is 6.76. The molecule has 0 spiro atoms. The molecule has 3 heterocycles. The molecule has 0 aliphatic heterocycles. The van der Waals surface area contributed by atoms with Gasteiger partial charge in [0.2, 0.25) is 0 Å². The second-order valence-electron chi connectivity index (χ2n) is 5.00. The minimum atomic E-state index is -0.952. The highest BCUT2D eigenvalue weighted by Crippen LogP contribution is 2.33. The summed E-state index contributed by atoms with van der Waals surface area (Å²) in [4.78, 5) is 23.1. The van der Waals surface area contributed by atoms with Crippen molar-refractivity contribution in [3.05, 3.63) is 60.7 Å². The molecule has 0 aliphatic rings. The molecule has 0 radical (unpaired) electrons. The smallest absolute Gasteiger partial charge is 0.338 e. The lowest BCUT2D eigenvalue weighted by Gasteiger charge is -2.00. The molecule has 0 amide bonds. The first-order valence-corrected chi connectivity index (χ1v) is 6.78. The fourth-order valence-electron chi connectivity index (χ4n) is 2.79. The Hall–Kier alpha value is -3.21. The summed E-state index contributed by atoms with van der Waals surface area (Å²) in [6, 6.07) is 9.18. The molecule has 5 nitrogen and oxygen atoms in total. The molecule has 0 atom stereocenters. The Labute approximate surface area is 125 Å². The van der Waals surface area contributed by atoms with Crippen molar-refractivity contribution in [1.29, 1.82) is 0 Å². The first kappa shape index (κ1) is 12.5. The minimum absolute atomic E-state index is 0.278. The zero-order chi connectivity index (χ0) is 15.1. The van der Waals surface area contributed by atoms with E-state index in [4.69, 9.17) is 0 Å². The summed E-state index contributed by atoms with van der Waals surface area (Å²) in [7, 11) is 0. The van der Waals surface area contributed by atoms with Crippen molar-refractivity contribution < 1.29 is 9.90 Å². The van der Waals surface area contributed by atoms with Crippen LogP contribution in [0.15, 0.2) is 55.1 Å². The number of H-pyrrole nitrogens is 1. The molecular weight excluding hydrogens is 278 g/mol. The second-order valence-corrected chi connectivity index (χ2v) is 5.00. The number of benzene rings is 1. The number of aromatic nitrogens is 3. The van der Waals surface area contributed by atoms with Crippen LogP contribution in [0.25, 0.3) is 32.9 Å². The molecule has 3 aromatic heterocycles. The number of fused-ring (bicyclic) bond motifs is 3. The van der Waals surface area contributed by atoms with E-state index in [0.717, 1.165) is 21.9 Å². The van der Waals surface area contributed by atoms with Crippen molar-refractivity contribution in [2.24, 2.45) is 0 Å². The molecule has 1 aromatic carbocycles. The summed E-state index contributed by atoms with van der Waals surface area (Å²) >= 11 is 0. The summed E-state index contributed by atoms with van der Waals surface area (Å²) < 4.78 is 0. The first-order chi connectivity index (χ1) is 10.8. The SMILES string of the molecule is O=C(O)c1c(-c2ccncc2)[nH]c2c1ccc1cnccc12. The van der Waals surface area contributed by atoms with E-state index in [1.807, 2.05) is 18.2 Å². The third-order valence-corrected chi connectivity index (χ3v) is 3.77. The zero-order valence-corrected chi connectivity index (χ0v) is 11.4. The van der Waals surface area contributed by atoms with Crippen LogP contribution < -0.4 is 0 Å². The van der Waals surface area contributed by atoms with E-state index in [2.05, 4.69) is 15.0 Å². The first-order valence-electron chi connectivity index (χ1n) is 6.78. The molecule has 0 unspecified atom stereocenters. The topological polar surface area (TPSA) is 78.9 Å². The average Bonchev–Trinajstić information content (AvgIpc) is 2.96. The monoisotopic (exact) mass is 289 g/mol. The van der Waals surface area contributed by atoms with Crippen molar-refractivity contribution in [2.45, 2.75) is 0 Å². The van der Waals surface area contributed by atoms with Gasteiger partial charge in [-0.25, -0.2) is 4.79 Å². The van der Waals surface area contributed by atoms with Gasteiger partial charge in [0.05, 0.1) is 16.8 Å². The van der Waals surface area contributed by atoms with E-state index in [0.29, 0.717) is 11.1 Å². The third-order valence-electron chi connectivity index (χ3n) is 3.77. The number of hydrogen-bond acceptors (Lipinski definition) is 3. The molecule has 4 rings (SSSR count). The number of nitrogens with one attached hydrogen (secondary N) is 1. The number of hydrogen-bond donors (Lipinski definition) is 2. The molecule has 0 aliphatic carbocycles. The van der Waals surface area contributed by atoms with Crippen molar-refractivity contribution in [2.75, 3.05) is 0 Å². The normalized spacial score (nSPS) is 11.1. The average molecular weight is 289 g/mol. The predicted octanol–water partition coefficient (Wildman–Crippen LogP) is 3.48. The van der Waals surface area contributed by atoms with E-state index >= 15 is 0 Å². The Balaban J connectivity index is 2.15. The van der Waals surface area contributed by atoms with Crippen LogP contribution in [0, 0.1) is 0 Å². The van der Waals surface area contributed by atoms with E-state index in [1.165, 1.54) is 0 Å². The summed E-state index contributed by atoms with van der Waals surface area (Å²) in [5, 5.41) is 12.3. The molecule has 0 saturated heterocycles. The van der Waals surface area contributed by atoms with Gasteiger partial charge < -0.3 is 10.1 Å². The fraction of sp³-hybridized carbons (Fsp3) is 0. The van der Waals surface area contributed by atoms with Crippen LogP contribution in [0.1, 0.15) is 10.4 Å². The molecule has 22 heavy (non-hydrogen) atoms. The summed E-state index contributed by atoms with van der Waals surface area (Å²) in [6.45, 7) is 0. The molecule has 4 aromatic rings. The standard InChI is InChI=1S/C17H11N3O2/c21-17(22)14-13-2-1-11-9-19-8-5-12(11)16(13)20-15(14)10-3-6-18-7-4-10/h1-9,20H,(H,21,22). The Morgan fingerprint density at radius 3 is 2.50 bits per heavy atom. The number of aromatic amines is 1. The summed E-state index contributed by atoms with van der Waals surface area (Å²) in [5.74, 6) is -0.952. The van der Waals surface area contributed by atoms with Gasteiger partial charge in [-0.05, 0) is 18.2 Å². The number of carbonyl (C=O) groups is 1. The van der Waals surface area contributed by atoms with Gasteiger partial charge in [0, 0.05) is 46.5 Å². The summed E-state index contributed by atoms with van der Waals surface area (Å²) in [5.41, 5.74) is 2.48. The molecular formula is C17H11N3O2. The molecule has 0 fully saturated rings. The van der Waals surface area contributed by atoms with Gasteiger partial charge in [-0.15, -0.1) is 0 Å². The van der Waals surface area contributed by atoms with Crippen LogP contribution in [-0.2, 0) is 0 Å². The van der Waals surface area contributed by atoms with Gasteiger partial charge >= 0.3 is 5.97 Å². The molecule has 5 heteroatoms.